The highest BCUT2D eigenvalue weighted by atomic mass is 32.2. The molecule has 0 radical (unpaired) electrons. The van der Waals surface area contributed by atoms with Gasteiger partial charge in [0.1, 0.15) is 6.04 Å². The molecule has 1 N–H and O–H groups in total. The van der Waals surface area contributed by atoms with E-state index in [0.717, 1.165) is 25.2 Å². The highest BCUT2D eigenvalue weighted by Crippen LogP contribution is 2.61. The van der Waals surface area contributed by atoms with Crippen molar-refractivity contribution in [2.45, 2.75) is 28.5 Å². The van der Waals surface area contributed by atoms with Crippen LogP contribution in [0, 0.1) is 11.8 Å². The fourth-order valence-corrected chi connectivity index (χ4v) is 9.06. The maximum absolute atomic E-state index is 14.5. The number of benzene rings is 1. The zero-order valence-electron chi connectivity index (χ0n) is 22.9. The molecule has 1 aromatic rings. The third kappa shape index (κ3) is 4.68. The Kier molecular flexibility index (Phi) is 7.78. The van der Waals surface area contributed by atoms with Gasteiger partial charge in [-0.1, -0.05) is 54.6 Å². The number of rotatable bonds is 7. The van der Waals surface area contributed by atoms with Crippen molar-refractivity contribution in [2.75, 3.05) is 66.1 Å². The van der Waals surface area contributed by atoms with Crippen molar-refractivity contribution in [3.05, 3.63) is 60.2 Å². The number of carbonyl (C=O) groups excluding carboxylic acids is 3. The lowest BCUT2D eigenvalue weighted by Gasteiger charge is -2.39. The topological polar surface area (TPSA) is 93.6 Å². The van der Waals surface area contributed by atoms with Gasteiger partial charge in [0.25, 0.3) is 0 Å². The summed E-state index contributed by atoms with van der Waals surface area (Å²) >= 11 is 1.58. The normalized spacial score (nSPS) is 33.0. The van der Waals surface area contributed by atoms with E-state index in [1.165, 1.54) is 0 Å². The van der Waals surface area contributed by atoms with Crippen LogP contribution in [0.3, 0.4) is 0 Å². The summed E-state index contributed by atoms with van der Waals surface area (Å²) < 4.78 is 4.60. The molecule has 1 aromatic carbocycles. The van der Waals surface area contributed by atoms with Crippen LogP contribution in [-0.4, -0.2) is 131 Å². The molecule has 3 fully saturated rings. The Morgan fingerprint density at radius 1 is 1.02 bits per heavy atom. The van der Waals surface area contributed by atoms with Crippen LogP contribution in [0.4, 0.5) is 0 Å². The summed E-state index contributed by atoms with van der Waals surface area (Å²) in [7, 11) is 1.77. The highest BCUT2D eigenvalue weighted by Gasteiger charge is 2.71. The third-order valence-corrected chi connectivity index (χ3v) is 10.8. The Morgan fingerprint density at radius 3 is 2.55 bits per heavy atom. The predicted octanol–water partition coefficient (Wildman–Crippen LogP) is 0.646. The number of likely N-dealkylation sites (tertiary alicyclic amines) is 1. The van der Waals surface area contributed by atoms with Crippen LogP contribution in [0.5, 0.6) is 0 Å². The number of nitrogens with zero attached hydrogens (tertiary/aromatic N) is 4. The van der Waals surface area contributed by atoms with Gasteiger partial charge in [0.05, 0.1) is 42.4 Å². The van der Waals surface area contributed by atoms with Crippen molar-refractivity contribution in [1.29, 1.82) is 0 Å². The van der Waals surface area contributed by atoms with Crippen molar-refractivity contribution in [3.63, 3.8) is 0 Å². The number of likely N-dealkylation sites (N-methyl/N-ethyl adjacent to an activating group) is 1. The van der Waals surface area contributed by atoms with Crippen LogP contribution in [0.15, 0.2) is 54.6 Å². The van der Waals surface area contributed by atoms with Crippen molar-refractivity contribution in [1.82, 2.24) is 19.6 Å². The van der Waals surface area contributed by atoms with Gasteiger partial charge in [-0.25, -0.2) is 0 Å². The molecule has 0 saturated carbocycles. The summed E-state index contributed by atoms with van der Waals surface area (Å²) in [4.78, 5) is 50.2. The number of aliphatic hydroxyl groups excluding tert-OH is 1. The maximum atomic E-state index is 14.5. The van der Waals surface area contributed by atoms with Crippen LogP contribution in [-0.2, 0) is 25.5 Å². The molecular formula is C30H38N4O5S. The number of hydrogen-bond donors (Lipinski definition) is 1. The number of morpholine rings is 1. The maximum Gasteiger partial charge on any atom is 0.247 e. The van der Waals surface area contributed by atoms with E-state index < -0.39 is 28.7 Å². The van der Waals surface area contributed by atoms with E-state index in [9.17, 15) is 19.5 Å². The Morgan fingerprint density at radius 2 is 1.80 bits per heavy atom. The van der Waals surface area contributed by atoms with Gasteiger partial charge in [-0.05, 0) is 12.0 Å². The average molecular weight is 567 g/mol. The van der Waals surface area contributed by atoms with Gasteiger partial charge in [0.15, 0.2) is 0 Å². The zero-order chi connectivity index (χ0) is 27.9. The van der Waals surface area contributed by atoms with E-state index in [2.05, 4.69) is 4.90 Å². The first kappa shape index (κ1) is 27.5. The van der Waals surface area contributed by atoms with Crippen LogP contribution >= 0.6 is 11.8 Å². The van der Waals surface area contributed by atoms with Gasteiger partial charge in [0, 0.05) is 51.6 Å². The number of ether oxygens (including phenoxy) is 1. The SMILES string of the molecule is CN1CC=C[C@@H]2S[C@]34C=CCN(CCN5CCOCC5)C(=O)C3N([C@@H](CO)Cc3ccccc3)C(=O)[C@@H]4[C@@H]2C1=O. The minimum Gasteiger partial charge on any atom is -0.394 e. The molecule has 6 rings (SSSR count). The second kappa shape index (κ2) is 11.3. The largest absolute Gasteiger partial charge is 0.394 e. The first-order chi connectivity index (χ1) is 19.4. The lowest BCUT2D eigenvalue weighted by Crippen LogP contribution is -2.57. The quantitative estimate of drug-likeness (QED) is 0.485. The van der Waals surface area contributed by atoms with E-state index >= 15 is 0 Å². The molecule has 6 atom stereocenters. The van der Waals surface area contributed by atoms with Crippen LogP contribution in [0.1, 0.15) is 5.56 Å². The second-order valence-corrected chi connectivity index (χ2v) is 12.9. The molecule has 9 nitrogen and oxygen atoms in total. The van der Waals surface area contributed by atoms with E-state index in [1.54, 1.807) is 28.6 Å². The lowest BCUT2D eigenvalue weighted by atomic mass is 9.78. The predicted molar refractivity (Wildman–Crippen MR) is 152 cm³/mol. The fourth-order valence-electron chi connectivity index (χ4n) is 7.07. The number of carbonyl (C=O) groups is 3. The number of hydrogen-bond acceptors (Lipinski definition) is 7. The summed E-state index contributed by atoms with van der Waals surface area (Å²) in [5, 5.41) is 10.5. The zero-order valence-corrected chi connectivity index (χ0v) is 23.7. The summed E-state index contributed by atoms with van der Waals surface area (Å²) in [5.74, 6) is -1.59. The number of fused-ring (bicyclic) bond motifs is 2. The van der Waals surface area contributed by atoms with Crippen LogP contribution in [0.2, 0.25) is 0 Å². The Hall–Kier alpha value is -2.66. The average Bonchev–Trinajstić information content (AvgIpc) is 3.31. The standard InChI is InChI=1S/C30H38N4O5S/c1-31-11-5-9-23-24(27(31)36)25-28(37)34(22(20-35)19-21-7-3-2-4-8-21)26-29(38)33(12-6-10-30(25,26)40-23)14-13-32-15-17-39-18-16-32/h2-10,22-26,35H,11-20H2,1H3/t22-,23+,24-,25+,26?,30+/m1/s1. The van der Waals surface area contributed by atoms with Crippen molar-refractivity contribution in [2.24, 2.45) is 11.8 Å². The molecule has 0 bridgehead atoms. The van der Waals surface area contributed by atoms with Gasteiger partial charge in [0.2, 0.25) is 17.7 Å². The molecule has 1 unspecified atom stereocenters. The van der Waals surface area contributed by atoms with E-state index in [4.69, 9.17) is 4.74 Å². The third-order valence-electron chi connectivity index (χ3n) is 9.09. The molecule has 5 heterocycles. The minimum atomic E-state index is -0.875. The van der Waals surface area contributed by atoms with E-state index in [-0.39, 0.29) is 29.6 Å². The van der Waals surface area contributed by atoms with Crippen molar-refractivity contribution in [3.8, 4) is 0 Å². The molecule has 5 aliphatic rings. The fraction of sp³-hybridized carbons (Fsp3) is 0.567. The smallest absolute Gasteiger partial charge is 0.247 e. The Balaban J connectivity index is 1.37. The molecule has 1 spiro atoms. The van der Waals surface area contributed by atoms with Gasteiger partial charge in [-0.3, -0.25) is 19.3 Å². The van der Waals surface area contributed by atoms with E-state index in [0.29, 0.717) is 39.3 Å². The Bertz CT molecular complexity index is 1190. The molecule has 0 aromatic heterocycles. The van der Waals surface area contributed by atoms with Gasteiger partial charge >= 0.3 is 0 Å². The van der Waals surface area contributed by atoms with Gasteiger partial charge in [-0.2, -0.15) is 0 Å². The second-order valence-electron chi connectivity index (χ2n) is 11.4. The molecule has 40 heavy (non-hydrogen) atoms. The molecular weight excluding hydrogens is 528 g/mol. The minimum absolute atomic E-state index is 0.0591. The molecule has 3 saturated heterocycles. The molecule has 0 aliphatic carbocycles. The van der Waals surface area contributed by atoms with Crippen molar-refractivity contribution < 1.29 is 24.2 Å². The molecule has 10 heteroatoms. The summed E-state index contributed by atoms with van der Waals surface area (Å²) in [5.41, 5.74) is 0.986. The summed E-state index contributed by atoms with van der Waals surface area (Å²) in [6.45, 7) is 5.03. The number of amides is 3. The van der Waals surface area contributed by atoms with Gasteiger partial charge < -0.3 is 24.5 Å². The Labute approximate surface area is 239 Å². The van der Waals surface area contributed by atoms with Crippen molar-refractivity contribution >= 4 is 29.5 Å². The highest BCUT2D eigenvalue weighted by molar-refractivity contribution is 8.02. The monoisotopic (exact) mass is 566 g/mol. The summed E-state index contributed by atoms with van der Waals surface area (Å²) in [6, 6.07) is 8.38. The first-order valence-electron chi connectivity index (χ1n) is 14.3. The van der Waals surface area contributed by atoms with Gasteiger partial charge in [-0.15, -0.1) is 11.8 Å². The molecule has 3 amide bonds. The van der Waals surface area contributed by atoms with Crippen LogP contribution in [0.25, 0.3) is 0 Å². The lowest BCUT2D eigenvalue weighted by molar-refractivity contribution is -0.146. The number of thioether (sulfide) groups is 1. The molecule has 214 valence electrons. The first-order valence-corrected chi connectivity index (χ1v) is 15.2. The molecule has 5 aliphatic heterocycles. The summed E-state index contributed by atoms with van der Waals surface area (Å²) in [6.07, 6.45) is 8.53. The van der Waals surface area contributed by atoms with E-state index in [1.807, 2.05) is 59.5 Å². The van der Waals surface area contributed by atoms with Crippen LogP contribution < -0.4 is 0 Å². The number of aliphatic hydroxyl groups is 1.